The van der Waals surface area contributed by atoms with E-state index in [1.807, 2.05) is 37.3 Å². The van der Waals surface area contributed by atoms with Gasteiger partial charge in [0.05, 0.1) is 18.0 Å². The largest absolute Gasteiger partial charge is 0.349 e. The molecule has 3 atom stereocenters. The Morgan fingerprint density at radius 1 is 1.14 bits per heavy atom. The van der Waals surface area contributed by atoms with Crippen molar-refractivity contribution in [3.05, 3.63) is 71.0 Å². The van der Waals surface area contributed by atoms with E-state index < -0.39 is 0 Å². The molecule has 0 aliphatic carbocycles. The van der Waals surface area contributed by atoms with E-state index in [-0.39, 0.29) is 35.6 Å². The molecule has 0 bridgehead atoms. The fourth-order valence-electron chi connectivity index (χ4n) is 3.91. The maximum Gasteiger partial charge on any atom is 0.225 e. The van der Waals surface area contributed by atoms with Crippen molar-refractivity contribution in [2.45, 2.75) is 45.7 Å². The van der Waals surface area contributed by atoms with Crippen LogP contribution in [-0.4, -0.2) is 23.3 Å². The molecule has 3 rings (SSSR count). The Morgan fingerprint density at radius 3 is 2.50 bits per heavy atom. The normalized spacial score (nSPS) is 20.5. The number of halogens is 1. The van der Waals surface area contributed by atoms with Gasteiger partial charge in [0.15, 0.2) is 0 Å². The van der Waals surface area contributed by atoms with E-state index in [0.29, 0.717) is 24.9 Å². The fraction of sp³-hybridized carbons (Fsp3) is 0.391. The molecule has 28 heavy (non-hydrogen) atoms. The van der Waals surface area contributed by atoms with Gasteiger partial charge in [0.2, 0.25) is 11.8 Å². The summed E-state index contributed by atoms with van der Waals surface area (Å²) >= 11 is 0. The van der Waals surface area contributed by atoms with Crippen molar-refractivity contribution in [1.82, 2.24) is 10.2 Å². The van der Waals surface area contributed by atoms with Crippen molar-refractivity contribution in [1.29, 1.82) is 0 Å². The number of nitrogens with zero attached hydrogens (tertiary/aromatic N) is 1. The molecule has 1 fully saturated rings. The third-order valence-corrected chi connectivity index (χ3v) is 5.58. The number of nitrogens with one attached hydrogen (secondary N) is 1. The monoisotopic (exact) mass is 382 g/mol. The molecule has 0 aromatic heterocycles. The summed E-state index contributed by atoms with van der Waals surface area (Å²) in [4.78, 5) is 26.8. The maximum absolute atomic E-state index is 13.6. The lowest BCUT2D eigenvalue weighted by atomic mass is 9.87. The molecule has 2 aromatic rings. The molecule has 4 nitrogen and oxygen atoms in total. The Balaban J connectivity index is 1.70. The van der Waals surface area contributed by atoms with Gasteiger partial charge in [0.25, 0.3) is 0 Å². The third kappa shape index (κ3) is 4.41. The average Bonchev–Trinajstić information content (AvgIpc) is 2.70. The van der Waals surface area contributed by atoms with E-state index in [1.54, 1.807) is 24.0 Å². The van der Waals surface area contributed by atoms with E-state index in [1.165, 1.54) is 13.0 Å². The van der Waals surface area contributed by atoms with Gasteiger partial charge in [-0.15, -0.1) is 0 Å². The molecule has 1 aliphatic heterocycles. The number of carbonyl (C=O) groups is 2. The van der Waals surface area contributed by atoms with Crippen molar-refractivity contribution in [3.63, 3.8) is 0 Å². The quantitative estimate of drug-likeness (QED) is 0.857. The molecule has 148 valence electrons. The highest BCUT2D eigenvalue weighted by molar-refractivity contribution is 5.81. The van der Waals surface area contributed by atoms with Gasteiger partial charge in [0.1, 0.15) is 5.82 Å². The topological polar surface area (TPSA) is 49.4 Å². The van der Waals surface area contributed by atoms with Gasteiger partial charge in [-0.1, -0.05) is 42.5 Å². The van der Waals surface area contributed by atoms with Crippen molar-refractivity contribution >= 4 is 11.8 Å². The molecule has 2 aromatic carbocycles. The summed E-state index contributed by atoms with van der Waals surface area (Å²) in [7, 11) is 0. The summed E-state index contributed by atoms with van der Waals surface area (Å²) in [5, 5.41) is 3.07. The van der Waals surface area contributed by atoms with Crippen LogP contribution < -0.4 is 5.32 Å². The van der Waals surface area contributed by atoms with Gasteiger partial charge in [-0.3, -0.25) is 9.59 Å². The van der Waals surface area contributed by atoms with Crippen LogP contribution in [0.5, 0.6) is 0 Å². The summed E-state index contributed by atoms with van der Waals surface area (Å²) < 4.78 is 13.6. The predicted molar refractivity (Wildman–Crippen MR) is 107 cm³/mol. The third-order valence-electron chi connectivity index (χ3n) is 5.58. The van der Waals surface area contributed by atoms with Crippen LogP contribution in [0.15, 0.2) is 48.5 Å². The summed E-state index contributed by atoms with van der Waals surface area (Å²) in [6.45, 7) is 5.59. The Hall–Kier alpha value is -2.69. The second kappa shape index (κ2) is 8.55. The number of aryl methyl sites for hydroxylation is 1. The summed E-state index contributed by atoms with van der Waals surface area (Å²) in [6, 6.07) is 14.6. The molecule has 3 unspecified atom stereocenters. The van der Waals surface area contributed by atoms with E-state index in [0.717, 1.165) is 11.1 Å². The van der Waals surface area contributed by atoms with Crippen LogP contribution >= 0.6 is 0 Å². The van der Waals surface area contributed by atoms with Gasteiger partial charge in [0, 0.05) is 13.5 Å². The minimum absolute atomic E-state index is 0.0312. The average molecular weight is 382 g/mol. The number of piperidine rings is 1. The molecule has 5 heteroatoms. The van der Waals surface area contributed by atoms with Crippen LogP contribution in [0.25, 0.3) is 0 Å². The van der Waals surface area contributed by atoms with E-state index in [9.17, 15) is 14.0 Å². The smallest absolute Gasteiger partial charge is 0.225 e. The summed E-state index contributed by atoms with van der Waals surface area (Å²) in [5.41, 5.74) is 2.54. The number of amides is 2. The number of rotatable bonds is 4. The zero-order valence-corrected chi connectivity index (χ0v) is 16.6. The first-order chi connectivity index (χ1) is 13.4. The van der Waals surface area contributed by atoms with Gasteiger partial charge < -0.3 is 10.2 Å². The number of hydrogen-bond acceptors (Lipinski definition) is 2. The summed E-state index contributed by atoms with van der Waals surface area (Å²) in [5.74, 6) is -0.592. The highest BCUT2D eigenvalue weighted by Gasteiger charge is 2.34. The van der Waals surface area contributed by atoms with Crippen LogP contribution in [0.4, 0.5) is 4.39 Å². The molecular weight excluding hydrogens is 355 g/mol. The molecule has 1 heterocycles. The summed E-state index contributed by atoms with van der Waals surface area (Å²) in [6.07, 6.45) is 1.38. The van der Waals surface area contributed by atoms with Crippen LogP contribution in [0.3, 0.4) is 0 Å². The Kier molecular flexibility index (Phi) is 6.12. The first-order valence-electron chi connectivity index (χ1n) is 9.75. The van der Waals surface area contributed by atoms with Gasteiger partial charge in [-0.25, -0.2) is 4.39 Å². The molecule has 2 amide bonds. The zero-order chi connectivity index (χ0) is 20.3. The molecule has 0 spiro atoms. The first-order valence-corrected chi connectivity index (χ1v) is 9.75. The van der Waals surface area contributed by atoms with Crippen LogP contribution in [0.1, 0.15) is 55.5 Å². The van der Waals surface area contributed by atoms with Gasteiger partial charge >= 0.3 is 0 Å². The minimum Gasteiger partial charge on any atom is -0.349 e. The second-order valence-electron chi connectivity index (χ2n) is 7.61. The first kappa shape index (κ1) is 20.1. The number of carbonyl (C=O) groups excluding carboxylic acids is 2. The number of benzene rings is 2. The molecule has 1 saturated heterocycles. The lowest BCUT2D eigenvalue weighted by Gasteiger charge is -2.39. The molecule has 1 N–H and O–H groups in total. The minimum atomic E-state index is -0.249. The Morgan fingerprint density at radius 2 is 1.86 bits per heavy atom. The molecule has 0 saturated carbocycles. The van der Waals surface area contributed by atoms with Crippen LogP contribution in [0, 0.1) is 18.7 Å². The van der Waals surface area contributed by atoms with Gasteiger partial charge in [-0.2, -0.15) is 0 Å². The van der Waals surface area contributed by atoms with E-state index in [4.69, 9.17) is 0 Å². The van der Waals surface area contributed by atoms with Crippen molar-refractivity contribution < 1.29 is 14.0 Å². The standard InChI is InChI=1S/C23H27FN2O2/c1-15-13-19(9-11-21(15)24)22-12-10-20(14-26(22)17(3)27)23(28)25-16(2)18-7-5-4-6-8-18/h4-9,11,13,16,20,22H,10,12,14H2,1-3H3,(H,25,28). The second-order valence-corrected chi connectivity index (χ2v) is 7.61. The van der Waals surface area contributed by atoms with E-state index >= 15 is 0 Å². The lowest BCUT2D eigenvalue weighted by molar-refractivity contribution is -0.137. The van der Waals surface area contributed by atoms with Crippen molar-refractivity contribution in [3.8, 4) is 0 Å². The SMILES string of the molecule is CC(=O)N1CC(C(=O)NC(C)c2ccccc2)CCC1c1ccc(F)c(C)c1. The Bertz CT molecular complexity index is 853. The molecule has 0 radical (unpaired) electrons. The fourth-order valence-corrected chi connectivity index (χ4v) is 3.91. The number of likely N-dealkylation sites (tertiary alicyclic amines) is 1. The maximum atomic E-state index is 13.6. The van der Waals surface area contributed by atoms with Crippen molar-refractivity contribution in [2.75, 3.05) is 6.54 Å². The zero-order valence-electron chi connectivity index (χ0n) is 16.6. The highest BCUT2D eigenvalue weighted by Crippen LogP contribution is 2.34. The lowest BCUT2D eigenvalue weighted by Crippen LogP contribution is -2.46. The number of hydrogen-bond donors (Lipinski definition) is 1. The van der Waals surface area contributed by atoms with Crippen LogP contribution in [-0.2, 0) is 9.59 Å². The Labute approximate surface area is 165 Å². The van der Waals surface area contributed by atoms with Gasteiger partial charge in [-0.05, 0) is 49.4 Å². The van der Waals surface area contributed by atoms with Crippen LogP contribution in [0.2, 0.25) is 0 Å². The van der Waals surface area contributed by atoms with E-state index in [2.05, 4.69) is 5.32 Å². The van der Waals surface area contributed by atoms with Crippen molar-refractivity contribution in [2.24, 2.45) is 5.92 Å². The molecule has 1 aliphatic rings. The highest BCUT2D eigenvalue weighted by atomic mass is 19.1. The molecular formula is C23H27FN2O2. The predicted octanol–water partition coefficient (Wildman–Crippen LogP) is 4.31.